The maximum Gasteiger partial charge on any atom is 0.0431 e. The van der Waals surface area contributed by atoms with E-state index >= 15 is 0 Å². The molecule has 0 saturated carbocycles. The molecule has 0 atom stereocenters. The van der Waals surface area contributed by atoms with Crippen molar-refractivity contribution in [3.8, 4) is 0 Å². The van der Waals surface area contributed by atoms with Gasteiger partial charge in [0.1, 0.15) is 0 Å². The van der Waals surface area contributed by atoms with Crippen LogP contribution < -0.4 is 0 Å². The molecular formula is C15H28O. The molecule has 0 radical (unpaired) electrons. The summed E-state index contributed by atoms with van der Waals surface area (Å²) in [4.78, 5) is 0. The van der Waals surface area contributed by atoms with Crippen LogP contribution >= 0.6 is 0 Å². The molecule has 0 aromatic carbocycles. The molecule has 1 heteroatoms. The smallest absolute Gasteiger partial charge is 0.0431 e. The molecule has 0 unspecified atom stereocenters. The summed E-state index contributed by atoms with van der Waals surface area (Å²) < 4.78 is 0. The van der Waals surface area contributed by atoms with Crippen molar-refractivity contribution in [1.29, 1.82) is 0 Å². The summed E-state index contributed by atoms with van der Waals surface area (Å²) in [5.41, 5.74) is 0. The lowest BCUT2D eigenvalue weighted by atomic mass is 10.1. The monoisotopic (exact) mass is 224 g/mol. The Morgan fingerprint density at radius 3 is 1.88 bits per heavy atom. The second-order valence-corrected chi connectivity index (χ2v) is 4.28. The molecule has 0 heterocycles. The van der Waals surface area contributed by atoms with Crippen molar-refractivity contribution >= 4 is 0 Å². The van der Waals surface area contributed by atoms with Crippen LogP contribution in [0.4, 0.5) is 0 Å². The first kappa shape index (κ1) is 15.4. The van der Waals surface area contributed by atoms with Gasteiger partial charge in [0.2, 0.25) is 0 Å². The zero-order valence-corrected chi connectivity index (χ0v) is 10.8. The number of aliphatic hydroxyl groups is 1. The normalized spacial score (nSPS) is 11.9. The molecule has 0 aromatic heterocycles. The largest absolute Gasteiger partial charge is 0.396 e. The molecule has 0 rings (SSSR count). The summed E-state index contributed by atoms with van der Waals surface area (Å²) in [7, 11) is 0. The molecule has 0 aliphatic heterocycles. The van der Waals surface area contributed by atoms with Gasteiger partial charge in [-0.25, -0.2) is 0 Å². The molecule has 0 bridgehead atoms. The van der Waals surface area contributed by atoms with E-state index in [0.717, 1.165) is 19.3 Å². The fourth-order valence-electron chi connectivity index (χ4n) is 1.59. The molecule has 0 amide bonds. The topological polar surface area (TPSA) is 20.2 Å². The summed E-state index contributed by atoms with van der Waals surface area (Å²) in [6, 6.07) is 0. The van der Waals surface area contributed by atoms with Gasteiger partial charge in [0, 0.05) is 6.61 Å². The minimum absolute atomic E-state index is 0.321. The molecule has 0 fully saturated rings. The van der Waals surface area contributed by atoms with Gasteiger partial charge < -0.3 is 5.11 Å². The minimum atomic E-state index is 0.321. The van der Waals surface area contributed by atoms with Gasteiger partial charge >= 0.3 is 0 Å². The molecule has 16 heavy (non-hydrogen) atoms. The number of hydrogen-bond donors (Lipinski definition) is 1. The Labute approximate surface area is 101 Å². The Hall–Kier alpha value is -0.560. The van der Waals surface area contributed by atoms with Crippen molar-refractivity contribution in [1.82, 2.24) is 0 Å². The highest BCUT2D eigenvalue weighted by Gasteiger charge is 1.85. The highest BCUT2D eigenvalue weighted by Crippen LogP contribution is 2.05. The molecule has 0 aliphatic rings. The third kappa shape index (κ3) is 13.4. The van der Waals surface area contributed by atoms with E-state index in [1.807, 2.05) is 0 Å². The van der Waals surface area contributed by atoms with Crippen molar-refractivity contribution in [2.24, 2.45) is 0 Å². The van der Waals surface area contributed by atoms with E-state index in [9.17, 15) is 0 Å². The minimum Gasteiger partial charge on any atom is -0.396 e. The van der Waals surface area contributed by atoms with Crippen LogP contribution in [0.2, 0.25) is 0 Å². The maximum atomic E-state index is 8.59. The van der Waals surface area contributed by atoms with Gasteiger partial charge in [-0.15, -0.1) is 0 Å². The van der Waals surface area contributed by atoms with Crippen molar-refractivity contribution in [2.75, 3.05) is 6.61 Å². The molecule has 1 N–H and O–H groups in total. The first-order valence-electron chi connectivity index (χ1n) is 6.84. The van der Waals surface area contributed by atoms with Gasteiger partial charge in [-0.3, -0.25) is 0 Å². The SMILES string of the molecule is CCCCCCCC=CC=CCCCCO. The fraction of sp³-hybridized carbons (Fsp3) is 0.733. The average molecular weight is 224 g/mol. The van der Waals surface area contributed by atoms with Crippen LogP contribution in [-0.2, 0) is 0 Å². The quantitative estimate of drug-likeness (QED) is 0.401. The molecular weight excluding hydrogens is 196 g/mol. The van der Waals surface area contributed by atoms with Crippen LogP contribution in [0, 0.1) is 0 Å². The predicted molar refractivity (Wildman–Crippen MR) is 72.6 cm³/mol. The van der Waals surface area contributed by atoms with E-state index in [4.69, 9.17) is 5.11 Å². The van der Waals surface area contributed by atoms with Crippen LogP contribution in [0.5, 0.6) is 0 Å². The lowest BCUT2D eigenvalue weighted by Crippen LogP contribution is -1.79. The summed E-state index contributed by atoms with van der Waals surface area (Å²) in [5, 5.41) is 8.59. The average Bonchev–Trinajstić information content (AvgIpc) is 2.31. The third-order valence-corrected chi connectivity index (χ3v) is 2.64. The molecule has 0 spiro atoms. The molecule has 0 saturated heterocycles. The number of aliphatic hydroxyl groups excluding tert-OH is 1. The van der Waals surface area contributed by atoms with E-state index in [1.165, 1.54) is 38.5 Å². The molecule has 1 nitrogen and oxygen atoms in total. The number of rotatable bonds is 11. The van der Waals surface area contributed by atoms with Gasteiger partial charge in [-0.2, -0.15) is 0 Å². The first-order valence-corrected chi connectivity index (χ1v) is 6.84. The van der Waals surface area contributed by atoms with Crippen molar-refractivity contribution in [3.05, 3.63) is 24.3 Å². The standard InChI is InChI=1S/C15H28O/c1-2-3-4-5-6-7-8-9-10-11-12-13-14-15-16/h8-11,16H,2-7,12-15H2,1H3. The Balaban J connectivity index is 3.14. The zero-order chi connectivity index (χ0) is 11.9. The van der Waals surface area contributed by atoms with E-state index in [-0.39, 0.29) is 0 Å². The van der Waals surface area contributed by atoms with Crippen LogP contribution in [0.25, 0.3) is 0 Å². The fourth-order valence-corrected chi connectivity index (χ4v) is 1.59. The van der Waals surface area contributed by atoms with E-state index in [0.29, 0.717) is 6.61 Å². The number of unbranched alkanes of at least 4 members (excludes halogenated alkanes) is 7. The number of allylic oxidation sites excluding steroid dienone is 4. The zero-order valence-electron chi connectivity index (χ0n) is 10.8. The van der Waals surface area contributed by atoms with Crippen molar-refractivity contribution in [3.63, 3.8) is 0 Å². The lowest BCUT2D eigenvalue weighted by molar-refractivity contribution is 0.285. The Bertz CT molecular complexity index is 170. The molecule has 94 valence electrons. The lowest BCUT2D eigenvalue weighted by Gasteiger charge is -1.95. The molecule has 0 aromatic rings. The van der Waals surface area contributed by atoms with Crippen molar-refractivity contribution < 1.29 is 5.11 Å². The number of hydrogen-bond acceptors (Lipinski definition) is 1. The van der Waals surface area contributed by atoms with Gasteiger partial charge in [-0.1, -0.05) is 56.9 Å². The van der Waals surface area contributed by atoms with Crippen LogP contribution in [0.1, 0.15) is 64.7 Å². The third-order valence-electron chi connectivity index (χ3n) is 2.64. The van der Waals surface area contributed by atoms with Crippen LogP contribution in [0.15, 0.2) is 24.3 Å². The van der Waals surface area contributed by atoms with Gasteiger partial charge in [0.25, 0.3) is 0 Å². The Morgan fingerprint density at radius 1 is 0.750 bits per heavy atom. The van der Waals surface area contributed by atoms with Crippen LogP contribution in [0.3, 0.4) is 0 Å². The second-order valence-electron chi connectivity index (χ2n) is 4.28. The van der Waals surface area contributed by atoms with E-state index in [2.05, 4.69) is 31.2 Å². The summed E-state index contributed by atoms with van der Waals surface area (Å²) in [6.45, 7) is 2.57. The summed E-state index contributed by atoms with van der Waals surface area (Å²) >= 11 is 0. The highest BCUT2D eigenvalue weighted by atomic mass is 16.2. The first-order chi connectivity index (χ1) is 7.91. The highest BCUT2D eigenvalue weighted by molar-refractivity contribution is 5.02. The Kier molecular flexibility index (Phi) is 13.9. The van der Waals surface area contributed by atoms with Crippen molar-refractivity contribution in [2.45, 2.75) is 64.7 Å². The van der Waals surface area contributed by atoms with Crippen LogP contribution in [-0.4, -0.2) is 11.7 Å². The van der Waals surface area contributed by atoms with E-state index in [1.54, 1.807) is 0 Å². The Morgan fingerprint density at radius 2 is 1.31 bits per heavy atom. The molecule has 0 aliphatic carbocycles. The van der Waals surface area contributed by atoms with Gasteiger partial charge in [0.05, 0.1) is 0 Å². The predicted octanol–water partition coefficient (Wildman–Crippen LogP) is 4.62. The van der Waals surface area contributed by atoms with Gasteiger partial charge in [-0.05, 0) is 32.1 Å². The maximum absolute atomic E-state index is 8.59. The second kappa shape index (κ2) is 14.4. The summed E-state index contributed by atoms with van der Waals surface area (Å²) in [6.07, 6.45) is 19.8. The van der Waals surface area contributed by atoms with E-state index < -0.39 is 0 Å². The van der Waals surface area contributed by atoms with Gasteiger partial charge in [0.15, 0.2) is 0 Å². The summed E-state index contributed by atoms with van der Waals surface area (Å²) in [5.74, 6) is 0.